The Morgan fingerprint density at radius 1 is 1.35 bits per heavy atom. The monoisotopic (exact) mass is 286 g/mol. The minimum atomic E-state index is 0.00631. The molecule has 3 rings (SSSR count). The highest BCUT2D eigenvalue weighted by Crippen LogP contribution is 2.14. The zero-order chi connectivity index (χ0) is 13.9. The summed E-state index contributed by atoms with van der Waals surface area (Å²) in [5.41, 5.74) is 1.79. The van der Waals surface area contributed by atoms with Crippen molar-refractivity contribution in [2.45, 2.75) is 13.5 Å². The largest absolute Gasteiger partial charge is 0.370 e. The normalized spacial score (nSPS) is 10.8. The van der Waals surface area contributed by atoms with Gasteiger partial charge < -0.3 is 5.32 Å². The second-order valence-corrected chi connectivity index (χ2v) is 5.31. The van der Waals surface area contributed by atoms with Gasteiger partial charge in [0.2, 0.25) is 0 Å². The molecule has 0 amide bonds. The number of anilines is 1. The van der Waals surface area contributed by atoms with Gasteiger partial charge in [-0.25, -0.2) is 9.97 Å². The van der Waals surface area contributed by atoms with Crippen LogP contribution in [0, 0.1) is 0 Å². The molecule has 5 nitrogen and oxygen atoms in total. The van der Waals surface area contributed by atoms with Gasteiger partial charge >= 0.3 is 0 Å². The van der Waals surface area contributed by atoms with Crippen LogP contribution in [0.2, 0.25) is 0 Å². The van der Waals surface area contributed by atoms with Crippen LogP contribution in [0.4, 0.5) is 5.82 Å². The van der Waals surface area contributed by atoms with Gasteiger partial charge in [-0.2, -0.15) is 0 Å². The maximum Gasteiger partial charge on any atom is 0.271 e. The van der Waals surface area contributed by atoms with Crippen molar-refractivity contribution in [3.63, 3.8) is 0 Å². The first-order valence-corrected chi connectivity index (χ1v) is 7.27. The van der Waals surface area contributed by atoms with Crippen LogP contribution >= 0.6 is 11.3 Å². The standard InChI is InChI=1S/C14H14N4OS/c1-2-15-12-7-10(3-5-16-12)8-18-9-17-11-4-6-20-13(11)14(18)19/h3-7,9H,2,8H2,1H3,(H,15,16). The van der Waals surface area contributed by atoms with E-state index in [1.54, 1.807) is 17.1 Å². The van der Waals surface area contributed by atoms with Crippen LogP contribution in [-0.2, 0) is 6.54 Å². The first kappa shape index (κ1) is 12.8. The SMILES string of the molecule is CCNc1cc(Cn2cnc3ccsc3c2=O)ccn1. The fraction of sp³-hybridized carbons (Fsp3) is 0.214. The van der Waals surface area contributed by atoms with E-state index in [-0.39, 0.29) is 5.56 Å². The molecule has 1 N–H and O–H groups in total. The lowest BCUT2D eigenvalue weighted by Gasteiger charge is -2.07. The maximum atomic E-state index is 12.3. The lowest BCUT2D eigenvalue weighted by Crippen LogP contribution is -2.20. The molecular formula is C14H14N4OS. The minimum Gasteiger partial charge on any atom is -0.370 e. The second-order valence-electron chi connectivity index (χ2n) is 4.39. The van der Waals surface area contributed by atoms with Gasteiger partial charge in [-0.3, -0.25) is 9.36 Å². The van der Waals surface area contributed by atoms with Crippen LogP contribution in [0.25, 0.3) is 10.2 Å². The van der Waals surface area contributed by atoms with Crippen molar-refractivity contribution in [3.8, 4) is 0 Å². The second kappa shape index (κ2) is 5.42. The number of nitrogens with one attached hydrogen (secondary N) is 1. The molecule has 3 aromatic rings. The Bertz CT molecular complexity index is 793. The predicted octanol–water partition coefficient (Wildman–Crippen LogP) is 2.33. The van der Waals surface area contributed by atoms with E-state index < -0.39 is 0 Å². The van der Waals surface area contributed by atoms with Gasteiger partial charge in [-0.15, -0.1) is 11.3 Å². The van der Waals surface area contributed by atoms with Crippen LogP contribution in [-0.4, -0.2) is 21.1 Å². The van der Waals surface area contributed by atoms with Crippen molar-refractivity contribution in [1.29, 1.82) is 0 Å². The molecule has 20 heavy (non-hydrogen) atoms. The van der Waals surface area contributed by atoms with Gasteiger partial charge in [0, 0.05) is 12.7 Å². The number of hydrogen-bond acceptors (Lipinski definition) is 5. The van der Waals surface area contributed by atoms with Crippen molar-refractivity contribution >= 4 is 27.4 Å². The van der Waals surface area contributed by atoms with E-state index >= 15 is 0 Å². The summed E-state index contributed by atoms with van der Waals surface area (Å²) >= 11 is 1.43. The molecule has 0 saturated heterocycles. The molecule has 6 heteroatoms. The molecule has 0 aliphatic heterocycles. The highest BCUT2D eigenvalue weighted by atomic mass is 32.1. The van der Waals surface area contributed by atoms with Gasteiger partial charge in [0.15, 0.2) is 0 Å². The third-order valence-electron chi connectivity index (χ3n) is 2.97. The Morgan fingerprint density at radius 3 is 3.10 bits per heavy atom. The Kier molecular flexibility index (Phi) is 3.47. The third-order valence-corrected chi connectivity index (χ3v) is 3.86. The van der Waals surface area contributed by atoms with Crippen molar-refractivity contribution < 1.29 is 0 Å². The van der Waals surface area contributed by atoms with Crippen LogP contribution in [0.1, 0.15) is 12.5 Å². The van der Waals surface area contributed by atoms with Gasteiger partial charge in [-0.1, -0.05) is 0 Å². The van der Waals surface area contributed by atoms with Crippen molar-refractivity contribution in [2.24, 2.45) is 0 Å². The van der Waals surface area contributed by atoms with E-state index in [2.05, 4.69) is 15.3 Å². The quantitative estimate of drug-likeness (QED) is 0.799. The topological polar surface area (TPSA) is 59.8 Å². The summed E-state index contributed by atoms with van der Waals surface area (Å²) in [6, 6.07) is 5.72. The fourth-order valence-corrected chi connectivity index (χ4v) is 2.83. The maximum absolute atomic E-state index is 12.3. The average molecular weight is 286 g/mol. The summed E-state index contributed by atoms with van der Waals surface area (Å²) in [7, 11) is 0. The lowest BCUT2D eigenvalue weighted by molar-refractivity contribution is 0.749. The number of thiophene rings is 1. The molecular weight excluding hydrogens is 272 g/mol. The number of fused-ring (bicyclic) bond motifs is 1. The molecule has 0 aromatic carbocycles. The Balaban J connectivity index is 1.94. The summed E-state index contributed by atoms with van der Waals surface area (Å²) < 4.78 is 2.33. The van der Waals surface area contributed by atoms with Gasteiger partial charge in [-0.05, 0) is 36.1 Å². The van der Waals surface area contributed by atoms with Crippen LogP contribution in [0.5, 0.6) is 0 Å². The molecule has 0 bridgehead atoms. The molecule has 0 atom stereocenters. The highest BCUT2D eigenvalue weighted by Gasteiger charge is 2.06. The Labute approximate surface area is 119 Å². The van der Waals surface area contributed by atoms with Crippen molar-refractivity contribution in [3.05, 3.63) is 52.0 Å². The average Bonchev–Trinajstić information content (AvgIpc) is 2.92. The predicted molar refractivity (Wildman–Crippen MR) is 81.4 cm³/mol. The van der Waals surface area contributed by atoms with E-state index in [0.717, 1.165) is 23.4 Å². The highest BCUT2D eigenvalue weighted by molar-refractivity contribution is 7.17. The summed E-state index contributed by atoms with van der Waals surface area (Å²) in [6.45, 7) is 3.34. The Hall–Kier alpha value is -2.21. The molecule has 0 unspecified atom stereocenters. The summed E-state index contributed by atoms with van der Waals surface area (Å²) in [5, 5.41) is 5.05. The van der Waals surface area contributed by atoms with Crippen LogP contribution < -0.4 is 10.9 Å². The van der Waals surface area contributed by atoms with Crippen LogP contribution in [0.3, 0.4) is 0 Å². The number of nitrogens with zero attached hydrogens (tertiary/aromatic N) is 3. The minimum absolute atomic E-state index is 0.00631. The third kappa shape index (κ3) is 2.42. The fourth-order valence-electron chi connectivity index (χ4n) is 2.04. The molecule has 0 aliphatic carbocycles. The van der Waals surface area contributed by atoms with E-state index in [1.807, 2.05) is 30.5 Å². The summed E-state index contributed by atoms with van der Waals surface area (Å²) in [4.78, 5) is 20.8. The molecule has 0 fully saturated rings. The molecule has 0 aliphatic rings. The number of rotatable bonds is 4. The first-order valence-electron chi connectivity index (χ1n) is 6.39. The zero-order valence-electron chi connectivity index (χ0n) is 11.0. The molecule has 0 spiro atoms. The zero-order valence-corrected chi connectivity index (χ0v) is 11.9. The Morgan fingerprint density at radius 2 is 2.25 bits per heavy atom. The molecule has 3 heterocycles. The van der Waals surface area contributed by atoms with Crippen LogP contribution in [0.15, 0.2) is 40.9 Å². The number of aromatic nitrogens is 3. The first-order chi connectivity index (χ1) is 9.78. The molecule has 102 valence electrons. The van der Waals surface area contributed by atoms with Gasteiger partial charge in [0.05, 0.1) is 18.4 Å². The van der Waals surface area contributed by atoms with Crippen molar-refractivity contribution in [1.82, 2.24) is 14.5 Å². The summed E-state index contributed by atoms with van der Waals surface area (Å²) in [5.74, 6) is 0.822. The molecule has 0 radical (unpaired) electrons. The van der Waals surface area contributed by atoms with Crippen molar-refractivity contribution in [2.75, 3.05) is 11.9 Å². The van der Waals surface area contributed by atoms with Gasteiger partial charge in [0.25, 0.3) is 5.56 Å². The molecule has 0 saturated carbocycles. The van der Waals surface area contributed by atoms with E-state index in [1.165, 1.54) is 11.3 Å². The number of pyridine rings is 1. The number of hydrogen-bond donors (Lipinski definition) is 1. The van der Waals surface area contributed by atoms with E-state index in [4.69, 9.17) is 0 Å². The lowest BCUT2D eigenvalue weighted by atomic mass is 10.2. The van der Waals surface area contributed by atoms with Gasteiger partial charge in [0.1, 0.15) is 10.5 Å². The van der Waals surface area contributed by atoms with E-state index in [9.17, 15) is 4.79 Å². The summed E-state index contributed by atoms with van der Waals surface area (Å²) in [6.07, 6.45) is 3.35. The molecule has 3 aromatic heterocycles. The smallest absolute Gasteiger partial charge is 0.271 e. The van der Waals surface area contributed by atoms with E-state index in [0.29, 0.717) is 11.2 Å².